The molecule has 0 atom stereocenters. The molecule has 3 nitrogen and oxygen atoms in total. The summed E-state index contributed by atoms with van der Waals surface area (Å²) in [4.78, 5) is 8.89. The zero-order valence-electron chi connectivity index (χ0n) is 6.14. The lowest BCUT2D eigenvalue weighted by Crippen LogP contribution is -2.16. The number of carbonyl (C=O) groups excluding carboxylic acids is 1. The molecule has 0 amide bonds. The minimum absolute atomic E-state index is 0.972. The van der Waals surface area contributed by atoms with Crippen LogP contribution in [-0.2, 0) is 9.53 Å². The molecule has 0 spiro atoms. The van der Waals surface area contributed by atoms with Gasteiger partial charge >= 0.3 is 0 Å². The predicted molar refractivity (Wildman–Crippen MR) is 34.9 cm³/mol. The fraction of sp³-hybridized carbons (Fsp3) is 0.500. The molecule has 0 aromatic carbocycles. The highest BCUT2D eigenvalue weighted by atomic mass is 16.4. The molecule has 0 unspecified atom stereocenters. The largest absolute Gasteiger partial charge is 0.550 e. The molecule has 0 radical (unpaired) electrons. The van der Waals surface area contributed by atoms with Crippen LogP contribution in [0.4, 0.5) is 0 Å². The molecular weight excluding hydrogens is 120 g/mol. The van der Waals surface area contributed by atoms with Gasteiger partial charge in [-0.3, -0.25) is 0 Å². The van der Waals surface area contributed by atoms with E-state index in [9.17, 15) is 0 Å². The molecule has 0 bridgehead atoms. The van der Waals surface area contributed by atoms with Crippen molar-refractivity contribution < 1.29 is 14.6 Å². The van der Waals surface area contributed by atoms with Gasteiger partial charge in [-0.15, -0.1) is 13.2 Å². The molecule has 0 aliphatic carbocycles. The predicted octanol–water partition coefficient (Wildman–Crippen LogP) is -0.179. The smallest absolute Gasteiger partial charge is 0.0383 e. The van der Waals surface area contributed by atoms with Crippen LogP contribution in [0, 0.1) is 0 Å². The van der Waals surface area contributed by atoms with E-state index in [-0.39, 0.29) is 0 Å². The first-order valence-corrected chi connectivity index (χ1v) is 2.22. The second-order valence-corrected chi connectivity index (χ2v) is 0.900. The first kappa shape index (κ1) is 15.7. The molecule has 0 aliphatic rings. The van der Waals surface area contributed by atoms with Crippen molar-refractivity contribution in [3.63, 3.8) is 0 Å². The molecule has 0 aromatic rings. The van der Waals surface area contributed by atoms with E-state index < -0.39 is 5.97 Å². The summed E-state index contributed by atoms with van der Waals surface area (Å²) in [5.41, 5.74) is 0. The van der Waals surface area contributed by atoms with Crippen molar-refractivity contribution in [1.29, 1.82) is 0 Å². The number of hydrogen-bond acceptors (Lipinski definition) is 3. The van der Waals surface area contributed by atoms with Gasteiger partial charge in [-0.05, 0) is 6.92 Å². The van der Waals surface area contributed by atoms with Crippen molar-refractivity contribution in [2.45, 2.75) is 6.92 Å². The third kappa shape index (κ3) is 278. The molecular formula is C6H13O3-. The van der Waals surface area contributed by atoms with Crippen molar-refractivity contribution in [3.8, 4) is 0 Å². The van der Waals surface area contributed by atoms with Gasteiger partial charge in [0.05, 0.1) is 0 Å². The lowest BCUT2D eigenvalue weighted by molar-refractivity contribution is -0.302. The van der Waals surface area contributed by atoms with Gasteiger partial charge in [0, 0.05) is 20.2 Å². The summed E-state index contributed by atoms with van der Waals surface area (Å²) in [5, 5.41) is 8.89. The van der Waals surface area contributed by atoms with Crippen LogP contribution in [0.3, 0.4) is 0 Å². The Bertz CT molecular complexity index is 48.3. The summed E-state index contributed by atoms with van der Waals surface area (Å²) in [5.74, 6) is -1.08. The Hall–Kier alpha value is -0.830. The van der Waals surface area contributed by atoms with Crippen LogP contribution in [0.2, 0.25) is 0 Å². The van der Waals surface area contributed by atoms with E-state index in [0.29, 0.717) is 0 Å². The van der Waals surface area contributed by atoms with Gasteiger partial charge in [0.1, 0.15) is 0 Å². The van der Waals surface area contributed by atoms with Crippen molar-refractivity contribution in [2.75, 3.05) is 14.2 Å². The first-order valence-electron chi connectivity index (χ1n) is 2.22. The number of hydrogen-bond donors (Lipinski definition) is 0. The SMILES string of the molecule is C=C.CC(=O)[O-].COC. The van der Waals surface area contributed by atoms with E-state index in [0.717, 1.165) is 6.92 Å². The van der Waals surface area contributed by atoms with Crippen molar-refractivity contribution >= 4 is 5.97 Å². The maximum Gasteiger partial charge on any atom is 0.0383 e. The van der Waals surface area contributed by atoms with Crippen LogP contribution in [0.5, 0.6) is 0 Å². The lowest BCUT2D eigenvalue weighted by Gasteiger charge is -1.77. The number of ether oxygens (including phenoxy) is 1. The van der Waals surface area contributed by atoms with Gasteiger partial charge in [-0.25, -0.2) is 0 Å². The van der Waals surface area contributed by atoms with Crippen LogP contribution >= 0.6 is 0 Å². The summed E-state index contributed by atoms with van der Waals surface area (Å²) in [6, 6.07) is 0. The van der Waals surface area contributed by atoms with Crippen LogP contribution in [-0.4, -0.2) is 20.2 Å². The molecule has 3 heteroatoms. The molecule has 0 fully saturated rings. The second-order valence-electron chi connectivity index (χ2n) is 0.900. The third-order valence-corrected chi connectivity index (χ3v) is 0. The zero-order valence-corrected chi connectivity index (χ0v) is 6.14. The highest BCUT2D eigenvalue weighted by molar-refractivity contribution is 5.60. The average Bonchev–Trinajstić information content (AvgIpc) is 1.71. The fourth-order valence-electron chi connectivity index (χ4n) is 0. The topological polar surface area (TPSA) is 49.4 Å². The molecule has 0 saturated carbocycles. The lowest BCUT2D eigenvalue weighted by atomic mass is 10.9. The van der Waals surface area contributed by atoms with Gasteiger partial charge in [-0.2, -0.15) is 0 Å². The van der Waals surface area contributed by atoms with Crippen LogP contribution < -0.4 is 5.11 Å². The maximum absolute atomic E-state index is 8.89. The highest BCUT2D eigenvalue weighted by Crippen LogP contribution is 1.31. The number of rotatable bonds is 0. The summed E-state index contributed by atoms with van der Waals surface area (Å²) < 4.78 is 4.25. The Labute approximate surface area is 56.0 Å². The molecule has 0 aliphatic heterocycles. The van der Waals surface area contributed by atoms with Crippen molar-refractivity contribution in [1.82, 2.24) is 0 Å². The molecule has 56 valence electrons. The fourth-order valence-corrected chi connectivity index (χ4v) is 0. The number of methoxy groups -OCH3 is 1. The van der Waals surface area contributed by atoms with E-state index in [1.807, 2.05) is 0 Å². The first-order chi connectivity index (χ1) is 4.15. The summed E-state index contributed by atoms with van der Waals surface area (Å²) in [6.45, 7) is 6.97. The average molecular weight is 133 g/mol. The van der Waals surface area contributed by atoms with E-state index in [4.69, 9.17) is 9.90 Å². The summed E-state index contributed by atoms with van der Waals surface area (Å²) >= 11 is 0. The Balaban J connectivity index is -0.0000000646. The molecule has 9 heavy (non-hydrogen) atoms. The Morgan fingerprint density at radius 1 is 1.44 bits per heavy atom. The molecule has 0 heterocycles. The van der Waals surface area contributed by atoms with Crippen molar-refractivity contribution in [3.05, 3.63) is 13.2 Å². The Morgan fingerprint density at radius 3 is 1.44 bits per heavy atom. The summed E-state index contributed by atoms with van der Waals surface area (Å²) in [7, 11) is 3.25. The highest BCUT2D eigenvalue weighted by Gasteiger charge is 1.46. The minimum atomic E-state index is -1.08. The Morgan fingerprint density at radius 2 is 1.44 bits per heavy atom. The van der Waals surface area contributed by atoms with Crippen molar-refractivity contribution in [2.24, 2.45) is 0 Å². The molecule has 0 saturated heterocycles. The third-order valence-electron chi connectivity index (χ3n) is 0. The van der Waals surface area contributed by atoms with E-state index >= 15 is 0 Å². The quantitative estimate of drug-likeness (QED) is 0.431. The number of carboxylic acids is 1. The number of aliphatic carboxylic acids is 1. The van der Waals surface area contributed by atoms with Gasteiger partial charge in [0.2, 0.25) is 0 Å². The molecule has 0 N–H and O–H groups in total. The van der Waals surface area contributed by atoms with Crippen LogP contribution in [0.15, 0.2) is 13.2 Å². The second kappa shape index (κ2) is 27.2. The van der Waals surface area contributed by atoms with Crippen LogP contribution in [0.25, 0.3) is 0 Å². The van der Waals surface area contributed by atoms with Gasteiger partial charge in [-0.1, -0.05) is 0 Å². The maximum atomic E-state index is 8.89. The van der Waals surface area contributed by atoms with Gasteiger partial charge in [0.15, 0.2) is 0 Å². The van der Waals surface area contributed by atoms with Gasteiger partial charge < -0.3 is 14.6 Å². The standard InChI is InChI=1S/C2H4O2.C2H6O.C2H4/c1-2(3)4;1-3-2;1-2/h1H3,(H,3,4);1-2H3;1-2H2/p-1. The van der Waals surface area contributed by atoms with E-state index in [1.165, 1.54) is 0 Å². The monoisotopic (exact) mass is 133 g/mol. The molecule has 0 rings (SSSR count). The van der Waals surface area contributed by atoms with E-state index in [2.05, 4.69) is 17.9 Å². The minimum Gasteiger partial charge on any atom is -0.550 e. The number of carbonyl (C=O) groups is 1. The zero-order chi connectivity index (χ0) is 8.28. The van der Waals surface area contributed by atoms with Gasteiger partial charge in [0.25, 0.3) is 0 Å². The Kier molecular flexibility index (Phi) is 47.4. The van der Waals surface area contributed by atoms with Crippen LogP contribution in [0.1, 0.15) is 6.92 Å². The van der Waals surface area contributed by atoms with E-state index in [1.54, 1.807) is 14.2 Å². The molecule has 0 aromatic heterocycles. The normalized spacial score (nSPS) is 5.22. The summed E-state index contributed by atoms with van der Waals surface area (Å²) in [6.07, 6.45) is 0. The number of carboxylic acid groups (broad SMARTS) is 1.